The Morgan fingerprint density at radius 1 is 0.574 bits per heavy atom. The molecule has 0 aromatic heterocycles. The third-order valence-electron chi connectivity index (χ3n) is 12.6. The topological polar surface area (TPSA) is 273 Å². The molecule has 0 unspecified atom stereocenters. The van der Waals surface area contributed by atoms with Crippen LogP contribution >= 0.6 is 11.6 Å². The van der Waals surface area contributed by atoms with E-state index in [1.54, 1.807) is 26.4 Å². The molecule has 2 saturated carbocycles. The van der Waals surface area contributed by atoms with Gasteiger partial charge in [-0.1, -0.05) is 31.7 Å². The largest absolute Gasteiger partial charge is 1.00 e. The number of nitrogens with one attached hydrogen (secondary N) is 6. The van der Waals surface area contributed by atoms with Gasteiger partial charge in [0.25, 0.3) is 28.9 Å². The average Bonchev–Trinajstić information content (AvgIpc) is 0.812. The molecule has 94 heavy (non-hydrogen) atoms. The second kappa shape index (κ2) is 45.8. The number of carbonyl (C=O) groups excluding carboxylic acids is 6. The van der Waals surface area contributed by atoms with E-state index < -0.39 is 75.3 Å². The second-order valence-corrected chi connectivity index (χ2v) is 19.1. The van der Waals surface area contributed by atoms with E-state index in [0.717, 1.165) is 91.5 Å². The zero-order chi connectivity index (χ0) is 68.2. The molecule has 10 N–H and O–H groups in total. The van der Waals surface area contributed by atoms with Crippen LogP contribution < -0.4 is 82.4 Å². The van der Waals surface area contributed by atoms with E-state index in [2.05, 4.69) is 36.7 Å². The molecule has 497 valence electrons. The minimum atomic E-state index is -0.940. The number of nitrogens with zero attached hydrogens (tertiary/aromatic N) is 2. The summed E-state index contributed by atoms with van der Waals surface area (Å²) >= 11 is 4.96. The van der Waals surface area contributed by atoms with Crippen LogP contribution in [0.4, 0.5) is 47.8 Å². The van der Waals surface area contributed by atoms with Crippen molar-refractivity contribution in [1.29, 1.82) is 5.26 Å². The number of hydrogen-bond acceptors (Lipinski definition) is 13. The van der Waals surface area contributed by atoms with Crippen LogP contribution in [0.15, 0.2) is 140 Å². The summed E-state index contributed by atoms with van der Waals surface area (Å²) in [4.78, 5) is 68.4. The van der Waals surface area contributed by atoms with Crippen LogP contribution in [0.25, 0.3) is 4.85 Å². The first-order valence-corrected chi connectivity index (χ1v) is 27.5. The fourth-order valence-corrected chi connectivity index (χ4v) is 7.39. The summed E-state index contributed by atoms with van der Waals surface area (Å²) in [5.41, 5.74) is 13.3. The van der Waals surface area contributed by atoms with Crippen LogP contribution in [-0.2, 0) is 17.9 Å². The molecular formula is C66H75BClF7N10NaO8. The number of rotatable bonds is 13. The van der Waals surface area contributed by atoms with E-state index in [4.69, 9.17) is 50.9 Å². The van der Waals surface area contributed by atoms with Gasteiger partial charge in [0.2, 0.25) is 0 Å². The van der Waals surface area contributed by atoms with Gasteiger partial charge in [-0.3, -0.25) is 33.6 Å². The number of carbonyl (C=O) groups is 6. The maximum absolute atomic E-state index is 13.8. The van der Waals surface area contributed by atoms with Crippen LogP contribution in [0.1, 0.15) is 112 Å². The number of methoxy groups -OCH3 is 2. The van der Waals surface area contributed by atoms with E-state index >= 15 is 0 Å². The molecule has 0 aliphatic heterocycles. The summed E-state index contributed by atoms with van der Waals surface area (Å²) < 4.78 is 100. The van der Waals surface area contributed by atoms with Gasteiger partial charge in [0.05, 0.1) is 42.0 Å². The molecule has 0 heterocycles. The number of anilines is 3. The smallest absolute Gasteiger partial charge is 0.512 e. The SMILES string of the molecule is C.CNC(=O)c1ccc(F)cc1F.CNC(=O)c1ccc(N)cc1F.CNC(=O)c1ccc(NCc2ccc(OC)cc2)cc1F.COc1ccc(CN)cc1.O=C(Cl)c1ccc(F)cc1F.O=C1CCC1.[2HH].[3HH].[B].[C-]#N.[C-]#[N+]C1(Nc2ccc(C(=O)NC)c(F)c2)CCC1.[Na+]. The fourth-order valence-electron chi connectivity index (χ4n) is 7.24. The van der Waals surface area contributed by atoms with Crippen LogP contribution in [0.3, 0.4) is 0 Å². The van der Waals surface area contributed by atoms with E-state index in [0.29, 0.717) is 48.1 Å². The van der Waals surface area contributed by atoms with Crippen LogP contribution in [0.2, 0.25) is 0 Å². The number of ether oxygens (including phenoxy) is 2. The van der Waals surface area contributed by atoms with Crippen molar-refractivity contribution >= 4 is 71.7 Å². The summed E-state index contributed by atoms with van der Waals surface area (Å²) in [6, 6.07) is 33.4. The quantitative estimate of drug-likeness (QED) is 0.0176. The Morgan fingerprint density at radius 2 is 0.926 bits per heavy atom. The number of ketones is 1. The van der Waals surface area contributed by atoms with Crippen molar-refractivity contribution in [2.75, 3.05) is 58.8 Å². The van der Waals surface area contributed by atoms with E-state index in [9.17, 15) is 59.5 Å². The second-order valence-electron chi connectivity index (χ2n) is 18.7. The van der Waals surface area contributed by atoms with Crippen LogP contribution in [-0.4, -0.2) is 91.1 Å². The number of nitrogens with two attached hydrogens (primary N) is 2. The van der Waals surface area contributed by atoms with Crippen molar-refractivity contribution in [1.82, 2.24) is 21.3 Å². The molecule has 0 atom stereocenters. The maximum Gasteiger partial charge on any atom is 1.00 e. The molecule has 9 rings (SSSR count). The minimum absolute atomic E-state index is 0. The summed E-state index contributed by atoms with van der Waals surface area (Å²) in [6.07, 6.45) is 5.39. The average molecular weight is 1340 g/mol. The van der Waals surface area contributed by atoms with Gasteiger partial charge in [-0.2, -0.15) is 0 Å². The van der Waals surface area contributed by atoms with Gasteiger partial charge in [0.15, 0.2) is 0 Å². The summed E-state index contributed by atoms with van der Waals surface area (Å²) in [5, 5.41) is 20.8. The molecule has 7 aromatic carbocycles. The number of nitrogen functional groups attached to an aromatic ring is 1. The Labute approximate surface area is 574 Å². The Morgan fingerprint density at radius 3 is 1.23 bits per heavy atom. The maximum atomic E-state index is 13.8. The van der Waals surface area contributed by atoms with Gasteiger partial charge >= 0.3 is 35.2 Å². The number of benzene rings is 7. The molecule has 2 aliphatic rings. The number of hydrogen-bond donors (Lipinski definition) is 8. The Kier molecular flexibility index (Phi) is 42.2. The number of halogens is 8. The predicted molar refractivity (Wildman–Crippen MR) is 349 cm³/mol. The summed E-state index contributed by atoms with van der Waals surface area (Å²) in [7, 11) is 9.01. The molecule has 0 spiro atoms. The van der Waals surface area contributed by atoms with Gasteiger partial charge in [-0.05, 0) is 139 Å². The molecule has 0 saturated heterocycles. The number of Topliss-reactive ketones (excluding diaryl/α,β-unsaturated/α-hetero) is 1. The fraction of sp³-hybridized carbons (Fsp3) is 0.242. The Hall–Kier alpha value is -9.44. The number of amides is 4. The predicted octanol–water partition coefficient (Wildman–Crippen LogP) is 9.38. The van der Waals surface area contributed by atoms with Gasteiger partial charge < -0.3 is 64.7 Å². The molecule has 3 radical (unpaired) electrons. The normalized spacial score (nSPS) is 11.1. The first-order chi connectivity index (χ1) is 43.4. The third kappa shape index (κ3) is 29.5. The molecule has 7 aromatic rings. The van der Waals surface area contributed by atoms with Crippen LogP contribution in [0, 0.1) is 59.1 Å². The van der Waals surface area contributed by atoms with Crippen molar-refractivity contribution in [2.24, 2.45) is 5.73 Å². The first kappa shape index (κ1) is 86.6. The molecular weight excluding hydrogens is 1260 g/mol. The zero-order valence-corrected chi connectivity index (χ0v) is 54.6. The molecule has 2 fully saturated rings. The van der Waals surface area contributed by atoms with Gasteiger partial charge in [-0.25, -0.2) is 37.3 Å². The van der Waals surface area contributed by atoms with Gasteiger partial charge in [-0.15, -0.1) is 0 Å². The monoisotopic (exact) mass is 1340 g/mol. The molecule has 4 amide bonds. The van der Waals surface area contributed by atoms with Gasteiger partial charge in [0, 0.05) is 107 Å². The Bertz CT molecular complexity index is 3550. The van der Waals surface area contributed by atoms with Crippen molar-refractivity contribution in [3.05, 3.63) is 237 Å². The standard InChI is InChI=1S/C16H17FN2O2.C13H14FN3O.C8H7F2NO.C8H9FN2O.C8H11NO.C7H3ClF2O.C4H6O.CN.CH4.B.Na.2H2/c1-18-16(20)14-8-5-12(9-15(14)17)19-10-11-3-6-13(21-2)7-4-11;1-15-12(18)10-5-4-9(8-11(10)14)17-13(16-2)6-3-7-13;1-11-8(12)6-3-2-5(9)4-7(6)10;1-11-8(12)6-3-2-5(10)4-7(6)9;1-10-8-4-2-7(6-9)3-5-8;8-7(11)5-2-1-4(9)3-6(5)10;5-4-2-1-3-4;1-2;;;;;/h3-9,19H,10H2,1-2H3,(H,18,20);4-5,8,17H,3,6-7H2,1H3,(H,15,18);2-4H,1H3,(H,11,12);2-4H,10H2,1H3,(H,11,12);2-5H,6,9H2,1H3;1-3H;1-3H2;;1H4;;;2*1H/q;;;;;;;-1;;;+1;;/i;;;;;;;;;;;1+2;1+1. The van der Waals surface area contributed by atoms with Crippen molar-refractivity contribution in [2.45, 2.75) is 64.7 Å². The van der Waals surface area contributed by atoms with E-state index in [1.165, 1.54) is 64.6 Å². The first-order valence-electron chi connectivity index (χ1n) is 27.1. The van der Waals surface area contributed by atoms with E-state index in [-0.39, 0.29) is 76.1 Å². The molecule has 2 aliphatic carbocycles. The third-order valence-corrected chi connectivity index (χ3v) is 12.8. The molecule has 18 nitrogen and oxygen atoms in total. The molecule has 28 heteroatoms. The van der Waals surface area contributed by atoms with Crippen molar-refractivity contribution < 1.29 is 101 Å². The van der Waals surface area contributed by atoms with Crippen molar-refractivity contribution in [3.63, 3.8) is 0 Å². The van der Waals surface area contributed by atoms with Gasteiger partial charge in [0.1, 0.15) is 58.0 Å². The minimum Gasteiger partial charge on any atom is -0.512 e. The van der Waals surface area contributed by atoms with Crippen molar-refractivity contribution in [3.8, 4) is 11.5 Å². The van der Waals surface area contributed by atoms with Crippen LogP contribution in [0.5, 0.6) is 11.5 Å². The summed E-state index contributed by atoms with van der Waals surface area (Å²) in [6.45, 7) is 13.1. The van der Waals surface area contributed by atoms with E-state index in [1.807, 2.05) is 48.5 Å². The zero-order valence-electron chi connectivity index (χ0n) is 51.9. The summed E-state index contributed by atoms with van der Waals surface area (Å²) in [5.74, 6) is -4.76. The molecule has 0 bridgehead atoms. The Balaban J connectivity index is -0.000000522.